The van der Waals surface area contributed by atoms with Crippen molar-refractivity contribution in [2.45, 2.75) is 6.92 Å². The van der Waals surface area contributed by atoms with Gasteiger partial charge >= 0.3 is 0 Å². The number of nitrogens with zero attached hydrogens (tertiary/aromatic N) is 1. The summed E-state index contributed by atoms with van der Waals surface area (Å²) in [5, 5.41) is 13.9. The highest BCUT2D eigenvalue weighted by Gasteiger charge is 2.13. The number of carbonyl (C=O) groups is 1. The molecule has 5 nitrogen and oxygen atoms in total. The summed E-state index contributed by atoms with van der Waals surface area (Å²) in [6, 6.07) is 6.83. The van der Waals surface area contributed by atoms with Gasteiger partial charge in [0, 0.05) is 10.2 Å². The van der Waals surface area contributed by atoms with Gasteiger partial charge in [0.25, 0.3) is 5.91 Å². The molecule has 0 saturated heterocycles. The highest BCUT2D eigenvalue weighted by Crippen LogP contribution is 2.16. The molecule has 0 spiro atoms. The lowest BCUT2D eigenvalue weighted by Crippen LogP contribution is -2.14. The van der Waals surface area contributed by atoms with Crippen molar-refractivity contribution in [1.29, 1.82) is 0 Å². The number of nitroso groups, excluding NO2 is 1. The molecular formula is C10H9BrN2O3. The fourth-order valence-electron chi connectivity index (χ4n) is 1.03. The Hall–Kier alpha value is -1.69. The van der Waals surface area contributed by atoms with Gasteiger partial charge < -0.3 is 10.4 Å². The highest BCUT2D eigenvalue weighted by atomic mass is 79.9. The Labute approximate surface area is 100 Å². The van der Waals surface area contributed by atoms with E-state index in [1.165, 1.54) is 6.92 Å². The Morgan fingerprint density at radius 2 is 2.19 bits per heavy atom. The lowest BCUT2D eigenvalue weighted by Gasteiger charge is -2.04. The topological polar surface area (TPSA) is 78.8 Å². The van der Waals surface area contributed by atoms with Gasteiger partial charge in [-0.15, -0.1) is 4.91 Å². The molecule has 0 aliphatic heterocycles. The van der Waals surface area contributed by atoms with E-state index >= 15 is 0 Å². The van der Waals surface area contributed by atoms with Crippen molar-refractivity contribution in [2.24, 2.45) is 5.18 Å². The van der Waals surface area contributed by atoms with Crippen molar-refractivity contribution in [3.63, 3.8) is 0 Å². The molecular weight excluding hydrogens is 276 g/mol. The Kier molecular flexibility index (Phi) is 4.19. The van der Waals surface area contributed by atoms with E-state index in [0.29, 0.717) is 5.69 Å². The second-order valence-electron chi connectivity index (χ2n) is 2.99. The summed E-state index contributed by atoms with van der Waals surface area (Å²) < 4.78 is 0.788. The largest absolute Gasteiger partial charge is 0.510 e. The molecule has 0 saturated carbocycles. The predicted octanol–water partition coefficient (Wildman–Crippen LogP) is 2.94. The number of benzene rings is 1. The van der Waals surface area contributed by atoms with Gasteiger partial charge in [-0.25, -0.2) is 0 Å². The SMILES string of the molecule is C/C(O)=C(\N=O)C(=O)Nc1cccc(Br)c1. The normalized spacial score (nSPS) is 11.6. The molecule has 0 atom stereocenters. The molecule has 2 N–H and O–H groups in total. The quantitative estimate of drug-likeness (QED) is 0.509. The number of halogens is 1. The maximum Gasteiger partial charge on any atom is 0.281 e. The van der Waals surface area contributed by atoms with Crippen LogP contribution in [0, 0.1) is 4.91 Å². The molecule has 0 heterocycles. The zero-order valence-electron chi connectivity index (χ0n) is 8.40. The third kappa shape index (κ3) is 3.16. The second-order valence-corrected chi connectivity index (χ2v) is 3.91. The van der Waals surface area contributed by atoms with E-state index in [-0.39, 0.29) is 0 Å². The van der Waals surface area contributed by atoms with Crippen LogP contribution in [0.5, 0.6) is 0 Å². The van der Waals surface area contributed by atoms with E-state index in [0.717, 1.165) is 4.47 Å². The van der Waals surface area contributed by atoms with Crippen LogP contribution in [-0.2, 0) is 4.79 Å². The van der Waals surface area contributed by atoms with Gasteiger partial charge in [-0.05, 0) is 30.3 Å². The van der Waals surface area contributed by atoms with Crippen molar-refractivity contribution < 1.29 is 9.90 Å². The van der Waals surface area contributed by atoms with Crippen LogP contribution in [0.2, 0.25) is 0 Å². The first-order valence-electron chi connectivity index (χ1n) is 4.34. The number of anilines is 1. The first-order valence-corrected chi connectivity index (χ1v) is 5.14. The molecule has 1 aromatic carbocycles. The number of hydrogen-bond donors (Lipinski definition) is 2. The molecule has 0 aliphatic rings. The molecule has 1 amide bonds. The zero-order chi connectivity index (χ0) is 12.1. The molecule has 0 bridgehead atoms. The van der Waals surface area contributed by atoms with Gasteiger partial charge in [0.05, 0.1) is 0 Å². The lowest BCUT2D eigenvalue weighted by atomic mass is 10.3. The minimum absolute atomic E-state index is 0.414. The Bertz CT molecular complexity index is 453. The molecule has 1 aromatic rings. The summed E-state index contributed by atoms with van der Waals surface area (Å²) in [4.78, 5) is 21.8. The molecule has 1 rings (SSSR count). The van der Waals surface area contributed by atoms with Crippen molar-refractivity contribution in [3.05, 3.63) is 45.1 Å². The summed E-state index contributed by atoms with van der Waals surface area (Å²) in [6.45, 7) is 1.22. The summed E-state index contributed by atoms with van der Waals surface area (Å²) in [6.07, 6.45) is 0. The summed E-state index contributed by atoms with van der Waals surface area (Å²) in [7, 11) is 0. The monoisotopic (exact) mass is 284 g/mol. The van der Waals surface area contributed by atoms with Crippen molar-refractivity contribution in [1.82, 2.24) is 0 Å². The number of amides is 1. The van der Waals surface area contributed by atoms with Gasteiger partial charge in [-0.1, -0.05) is 22.0 Å². The van der Waals surface area contributed by atoms with Gasteiger partial charge in [-0.2, -0.15) is 0 Å². The molecule has 0 radical (unpaired) electrons. The summed E-state index contributed by atoms with van der Waals surface area (Å²) in [5.41, 5.74) is -0.0262. The van der Waals surface area contributed by atoms with E-state index in [2.05, 4.69) is 26.4 Å². The van der Waals surface area contributed by atoms with Crippen molar-refractivity contribution in [2.75, 3.05) is 5.32 Å². The Morgan fingerprint density at radius 3 is 2.69 bits per heavy atom. The third-order valence-electron chi connectivity index (χ3n) is 1.73. The first-order chi connectivity index (χ1) is 7.54. The molecule has 0 aromatic heterocycles. The van der Waals surface area contributed by atoms with Gasteiger partial charge in [0.15, 0.2) is 0 Å². The summed E-state index contributed by atoms with van der Waals surface area (Å²) in [5.74, 6) is -1.16. The lowest BCUT2D eigenvalue weighted by molar-refractivity contribution is -0.113. The van der Waals surface area contributed by atoms with Gasteiger partial charge in [0.2, 0.25) is 5.70 Å². The Morgan fingerprint density at radius 1 is 1.50 bits per heavy atom. The fourth-order valence-corrected chi connectivity index (χ4v) is 1.43. The minimum atomic E-state index is -0.742. The third-order valence-corrected chi connectivity index (χ3v) is 2.22. The minimum Gasteiger partial charge on any atom is -0.510 e. The molecule has 84 valence electrons. The number of aliphatic hydroxyl groups excluding tert-OH is 1. The van der Waals surface area contributed by atoms with Crippen LogP contribution in [0.4, 0.5) is 5.69 Å². The number of hydrogen-bond acceptors (Lipinski definition) is 4. The maximum atomic E-state index is 11.5. The van der Waals surface area contributed by atoms with Crippen LogP contribution < -0.4 is 5.32 Å². The predicted molar refractivity (Wildman–Crippen MR) is 63.9 cm³/mol. The average molecular weight is 285 g/mol. The van der Waals surface area contributed by atoms with Crippen LogP contribution in [0.3, 0.4) is 0 Å². The molecule has 0 aliphatic carbocycles. The van der Waals surface area contributed by atoms with E-state index in [4.69, 9.17) is 5.11 Å². The number of allylic oxidation sites excluding steroid dienone is 1. The van der Waals surface area contributed by atoms with Crippen molar-refractivity contribution >= 4 is 27.5 Å². The van der Waals surface area contributed by atoms with Gasteiger partial charge in [0.1, 0.15) is 5.76 Å². The number of aliphatic hydroxyl groups is 1. The smallest absolute Gasteiger partial charge is 0.281 e. The van der Waals surface area contributed by atoms with E-state index in [9.17, 15) is 9.70 Å². The van der Waals surface area contributed by atoms with Crippen LogP contribution >= 0.6 is 15.9 Å². The number of rotatable bonds is 3. The van der Waals surface area contributed by atoms with E-state index in [1.54, 1.807) is 24.3 Å². The van der Waals surface area contributed by atoms with Crippen LogP contribution in [0.15, 0.2) is 45.4 Å². The molecule has 0 fully saturated rings. The van der Waals surface area contributed by atoms with E-state index in [1.807, 2.05) is 0 Å². The van der Waals surface area contributed by atoms with Crippen LogP contribution in [0.1, 0.15) is 6.92 Å². The second kappa shape index (κ2) is 5.41. The van der Waals surface area contributed by atoms with E-state index < -0.39 is 17.4 Å². The van der Waals surface area contributed by atoms with Crippen molar-refractivity contribution in [3.8, 4) is 0 Å². The summed E-state index contributed by atoms with van der Waals surface area (Å²) >= 11 is 3.24. The number of carbonyl (C=O) groups excluding carboxylic acids is 1. The van der Waals surface area contributed by atoms with Gasteiger partial charge in [-0.3, -0.25) is 4.79 Å². The molecule has 16 heavy (non-hydrogen) atoms. The maximum absolute atomic E-state index is 11.5. The average Bonchev–Trinajstić information content (AvgIpc) is 2.17. The number of nitrogens with one attached hydrogen (secondary N) is 1. The first kappa shape index (κ1) is 12.4. The zero-order valence-corrected chi connectivity index (χ0v) is 9.98. The van der Waals surface area contributed by atoms with Crippen LogP contribution in [0.25, 0.3) is 0 Å². The standard InChI is InChI=1S/C10H9BrN2O3/c1-6(14)9(13-16)10(15)12-8-4-2-3-7(11)5-8/h2-5,14H,1H3,(H,12,15)/b9-6+. The molecule has 6 heteroatoms. The Balaban J connectivity index is 2.87. The molecule has 0 unspecified atom stereocenters. The highest BCUT2D eigenvalue weighted by molar-refractivity contribution is 9.10. The van der Waals surface area contributed by atoms with Crippen LogP contribution in [-0.4, -0.2) is 11.0 Å². The fraction of sp³-hybridized carbons (Fsp3) is 0.100.